The molecular weight excluding hydrogens is 294 g/mol. The van der Waals surface area contributed by atoms with E-state index in [-0.39, 0.29) is 6.03 Å². The van der Waals surface area contributed by atoms with Crippen LogP contribution < -0.4 is 26.0 Å². The van der Waals surface area contributed by atoms with Crippen molar-refractivity contribution in [3.63, 3.8) is 0 Å². The quantitative estimate of drug-likeness (QED) is 0.521. The van der Waals surface area contributed by atoms with Crippen LogP contribution in [0.25, 0.3) is 0 Å². The third-order valence-electron chi connectivity index (χ3n) is 3.12. The summed E-state index contributed by atoms with van der Waals surface area (Å²) >= 11 is 0. The summed E-state index contributed by atoms with van der Waals surface area (Å²) in [6.45, 7) is 2.68. The lowest BCUT2D eigenvalue weighted by Crippen LogP contribution is -2.39. The maximum Gasteiger partial charge on any atom is 0.333 e. The maximum atomic E-state index is 11.7. The second-order valence-electron chi connectivity index (χ2n) is 5.49. The van der Waals surface area contributed by atoms with Gasteiger partial charge < -0.3 is 15.1 Å². The van der Waals surface area contributed by atoms with E-state index in [4.69, 9.17) is 0 Å². The SMILES string of the molecule is CCCCNC(=O)NNc1cc(N(C)C)c(C#N)c(N(C)C)n1. The van der Waals surface area contributed by atoms with Crippen LogP contribution in [0.1, 0.15) is 25.3 Å². The molecule has 0 aromatic carbocycles. The average Bonchev–Trinajstić information content (AvgIpc) is 2.51. The Morgan fingerprint density at radius 2 is 2.00 bits per heavy atom. The van der Waals surface area contributed by atoms with E-state index in [2.05, 4.69) is 34.1 Å². The Morgan fingerprint density at radius 3 is 2.52 bits per heavy atom. The summed E-state index contributed by atoms with van der Waals surface area (Å²) in [7, 11) is 7.34. The van der Waals surface area contributed by atoms with Crippen molar-refractivity contribution in [2.24, 2.45) is 0 Å². The largest absolute Gasteiger partial charge is 0.376 e. The van der Waals surface area contributed by atoms with Crippen molar-refractivity contribution in [3.8, 4) is 6.07 Å². The zero-order valence-corrected chi connectivity index (χ0v) is 14.4. The first-order chi connectivity index (χ1) is 10.9. The van der Waals surface area contributed by atoms with E-state index in [1.165, 1.54) is 0 Å². The van der Waals surface area contributed by atoms with Gasteiger partial charge in [0, 0.05) is 40.8 Å². The van der Waals surface area contributed by atoms with Gasteiger partial charge in [0.25, 0.3) is 0 Å². The van der Waals surface area contributed by atoms with Crippen LogP contribution in [-0.2, 0) is 0 Å². The van der Waals surface area contributed by atoms with Crippen molar-refractivity contribution in [2.75, 3.05) is 50.0 Å². The molecule has 1 heterocycles. The number of unbranched alkanes of at least 4 members (excludes halogenated alkanes) is 1. The standard InChI is InChI=1S/C15H25N7O/c1-6-7-8-17-15(23)20-19-13-9-12(21(2)3)11(10-16)14(18-13)22(4)5/h9H,6-8H2,1-5H3,(H,18,19)(H2,17,20,23). The lowest BCUT2D eigenvalue weighted by Gasteiger charge is -2.21. The first-order valence-electron chi connectivity index (χ1n) is 7.50. The van der Waals surface area contributed by atoms with Crippen molar-refractivity contribution in [2.45, 2.75) is 19.8 Å². The highest BCUT2D eigenvalue weighted by atomic mass is 16.2. The first kappa shape index (κ1) is 18.4. The molecule has 126 valence electrons. The number of nitriles is 1. The topological polar surface area (TPSA) is 96.3 Å². The van der Waals surface area contributed by atoms with Gasteiger partial charge in [0.05, 0.1) is 5.69 Å². The Hall–Kier alpha value is -2.69. The average molecular weight is 319 g/mol. The molecular formula is C15H25N7O. The van der Waals surface area contributed by atoms with E-state index in [0.717, 1.165) is 18.5 Å². The lowest BCUT2D eigenvalue weighted by atomic mass is 10.2. The summed E-state index contributed by atoms with van der Waals surface area (Å²) in [6.07, 6.45) is 1.95. The Kier molecular flexibility index (Phi) is 6.93. The smallest absolute Gasteiger partial charge is 0.333 e. The van der Waals surface area contributed by atoms with Crippen LogP contribution in [0.4, 0.5) is 22.1 Å². The molecule has 0 spiro atoms. The third kappa shape index (κ3) is 5.21. The van der Waals surface area contributed by atoms with Gasteiger partial charge in [-0.15, -0.1) is 0 Å². The van der Waals surface area contributed by atoms with Crippen LogP contribution >= 0.6 is 0 Å². The molecule has 0 bridgehead atoms. The number of anilines is 3. The molecule has 1 aromatic heterocycles. The molecule has 1 rings (SSSR count). The van der Waals surface area contributed by atoms with Gasteiger partial charge in [0.15, 0.2) is 5.82 Å². The molecule has 3 N–H and O–H groups in total. The van der Waals surface area contributed by atoms with Crippen LogP contribution in [0.5, 0.6) is 0 Å². The number of aromatic nitrogens is 1. The van der Waals surface area contributed by atoms with E-state index >= 15 is 0 Å². The number of rotatable bonds is 7. The van der Waals surface area contributed by atoms with Gasteiger partial charge >= 0.3 is 6.03 Å². The van der Waals surface area contributed by atoms with E-state index in [9.17, 15) is 10.1 Å². The Balaban J connectivity index is 2.91. The van der Waals surface area contributed by atoms with Crippen molar-refractivity contribution in [1.82, 2.24) is 15.7 Å². The highest BCUT2D eigenvalue weighted by molar-refractivity contribution is 5.77. The Bertz CT molecular complexity index is 549. The Labute approximate surface area is 137 Å². The number of amides is 2. The maximum absolute atomic E-state index is 11.7. The number of carbonyl (C=O) groups is 1. The van der Waals surface area contributed by atoms with Crippen LogP contribution in [0.3, 0.4) is 0 Å². The molecule has 0 atom stereocenters. The van der Waals surface area contributed by atoms with E-state index < -0.39 is 0 Å². The lowest BCUT2D eigenvalue weighted by molar-refractivity contribution is 0.242. The Morgan fingerprint density at radius 1 is 1.30 bits per heavy atom. The fourth-order valence-corrected chi connectivity index (χ4v) is 1.91. The van der Waals surface area contributed by atoms with Crippen molar-refractivity contribution >= 4 is 23.4 Å². The highest BCUT2D eigenvalue weighted by Gasteiger charge is 2.16. The van der Waals surface area contributed by atoms with Crippen LogP contribution in [-0.4, -0.2) is 45.8 Å². The second kappa shape index (κ2) is 8.68. The minimum atomic E-state index is -0.317. The molecule has 0 aliphatic heterocycles. The van der Waals surface area contributed by atoms with E-state index in [0.29, 0.717) is 23.7 Å². The summed E-state index contributed by atoms with van der Waals surface area (Å²) < 4.78 is 0. The van der Waals surface area contributed by atoms with Crippen molar-refractivity contribution in [1.29, 1.82) is 5.26 Å². The normalized spacial score (nSPS) is 9.74. The van der Waals surface area contributed by atoms with Gasteiger partial charge in [-0.3, -0.25) is 10.9 Å². The van der Waals surface area contributed by atoms with Crippen LogP contribution in [0, 0.1) is 11.3 Å². The summed E-state index contributed by atoms with van der Waals surface area (Å²) in [6, 6.07) is 3.58. The molecule has 2 amide bonds. The van der Waals surface area contributed by atoms with Gasteiger partial charge in [-0.25, -0.2) is 9.78 Å². The first-order valence-corrected chi connectivity index (χ1v) is 7.50. The fourth-order valence-electron chi connectivity index (χ4n) is 1.91. The number of hydrazine groups is 1. The summed E-state index contributed by atoms with van der Waals surface area (Å²) in [5.74, 6) is 0.997. The fraction of sp³-hybridized carbons (Fsp3) is 0.533. The third-order valence-corrected chi connectivity index (χ3v) is 3.12. The monoisotopic (exact) mass is 319 g/mol. The van der Waals surface area contributed by atoms with Crippen molar-refractivity contribution < 1.29 is 4.79 Å². The molecule has 8 heteroatoms. The molecule has 0 unspecified atom stereocenters. The number of hydrogen-bond acceptors (Lipinski definition) is 6. The van der Waals surface area contributed by atoms with Crippen molar-refractivity contribution in [3.05, 3.63) is 11.6 Å². The minimum absolute atomic E-state index is 0.317. The molecule has 0 saturated heterocycles. The number of pyridine rings is 1. The predicted molar refractivity (Wildman–Crippen MR) is 92.7 cm³/mol. The summed E-state index contributed by atoms with van der Waals surface area (Å²) in [4.78, 5) is 19.6. The number of nitrogens with zero attached hydrogens (tertiary/aromatic N) is 4. The van der Waals surface area contributed by atoms with Gasteiger partial charge in [0.1, 0.15) is 17.5 Å². The number of carbonyl (C=O) groups excluding carboxylic acids is 1. The molecule has 8 nitrogen and oxygen atoms in total. The predicted octanol–water partition coefficient (Wildman–Crippen LogP) is 1.51. The van der Waals surface area contributed by atoms with Gasteiger partial charge in [-0.05, 0) is 6.42 Å². The zero-order chi connectivity index (χ0) is 17.4. The zero-order valence-electron chi connectivity index (χ0n) is 14.4. The second-order valence-corrected chi connectivity index (χ2v) is 5.49. The van der Waals surface area contributed by atoms with Crippen LogP contribution in [0.15, 0.2) is 6.07 Å². The molecule has 0 saturated carbocycles. The molecule has 0 aliphatic rings. The summed E-state index contributed by atoms with van der Waals surface area (Å²) in [5.41, 5.74) is 6.53. The molecule has 1 aromatic rings. The van der Waals surface area contributed by atoms with Gasteiger partial charge in [-0.1, -0.05) is 13.3 Å². The highest BCUT2D eigenvalue weighted by Crippen LogP contribution is 2.28. The minimum Gasteiger partial charge on any atom is -0.376 e. The molecule has 0 fully saturated rings. The van der Waals surface area contributed by atoms with E-state index in [1.54, 1.807) is 11.0 Å². The molecule has 0 radical (unpaired) electrons. The van der Waals surface area contributed by atoms with Gasteiger partial charge in [-0.2, -0.15) is 5.26 Å². The van der Waals surface area contributed by atoms with Gasteiger partial charge in [0.2, 0.25) is 0 Å². The number of nitrogens with one attached hydrogen (secondary N) is 3. The number of urea groups is 1. The molecule has 0 aliphatic carbocycles. The molecule has 23 heavy (non-hydrogen) atoms. The summed E-state index contributed by atoms with van der Waals surface area (Å²) in [5, 5.41) is 12.1. The van der Waals surface area contributed by atoms with E-state index in [1.807, 2.05) is 33.1 Å². The van der Waals surface area contributed by atoms with Crippen LogP contribution in [0.2, 0.25) is 0 Å². The number of hydrogen-bond donors (Lipinski definition) is 3.